The van der Waals surface area contributed by atoms with Crippen LogP contribution < -0.4 is 0 Å². The largest absolute Gasteiger partial charge is 0.344 e. The van der Waals surface area contributed by atoms with Gasteiger partial charge in [0.25, 0.3) is 0 Å². The lowest BCUT2D eigenvalue weighted by molar-refractivity contribution is 0.112. The summed E-state index contributed by atoms with van der Waals surface area (Å²) in [5, 5.41) is 1.03. The van der Waals surface area contributed by atoms with Crippen LogP contribution in [-0.4, -0.2) is 10.9 Å². The molecular weight excluding hydrogens is 186 g/mol. The molecule has 0 saturated heterocycles. The van der Waals surface area contributed by atoms with Gasteiger partial charge in [-0.3, -0.25) is 4.79 Å². The van der Waals surface area contributed by atoms with Gasteiger partial charge in [-0.2, -0.15) is 0 Å². The Balaban J connectivity index is 2.55. The molecule has 0 aliphatic carbocycles. The molecule has 0 radical (unpaired) electrons. The summed E-state index contributed by atoms with van der Waals surface area (Å²) in [6, 6.07) is 7.78. The first-order valence-corrected chi connectivity index (χ1v) is 5.01. The van der Waals surface area contributed by atoms with Crippen LogP contribution in [0.5, 0.6) is 0 Å². The molecule has 2 nitrogen and oxygen atoms in total. The van der Waals surface area contributed by atoms with Gasteiger partial charge in [0.2, 0.25) is 0 Å². The SMILES string of the molecule is CC=CCn1ccc2c(C=O)cccc21. The zero-order chi connectivity index (χ0) is 10.7. The van der Waals surface area contributed by atoms with Crippen molar-refractivity contribution in [3.05, 3.63) is 48.2 Å². The molecule has 0 amide bonds. The predicted octanol–water partition coefficient (Wildman–Crippen LogP) is 3.03. The third-order valence-corrected chi connectivity index (χ3v) is 2.51. The molecule has 76 valence electrons. The second-order valence-corrected chi connectivity index (χ2v) is 3.44. The maximum absolute atomic E-state index is 10.8. The van der Waals surface area contributed by atoms with Gasteiger partial charge < -0.3 is 4.57 Å². The molecule has 0 N–H and O–H groups in total. The average molecular weight is 199 g/mol. The number of fused-ring (bicyclic) bond motifs is 1. The maximum atomic E-state index is 10.8. The lowest BCUT2D eigenvalue weighted by Crippen LogP contribution is -1.92. The number of allylic oxidation sites excluding steroid dienone is 2. The van der Waals surface area contributed by atoms with E-state index in [0.717, 1.165) is 29.3 Å². The normalized spacial score (nSPS) is 11.3. The fourth-order valence-corrected chi connectivity index (χ4v) is 1.73. The van der Waals surface area contributed by atoms with Crippen molar-refractivity contribution in [3.63, 3.8) is 0 Å². The number of hydrogen-bond acceptors (Lipinski definition) is 1. The first-order chi connectivity index (χ1) is 7.36. The molecule has 1 heterocycles. The van der Waals surface area contributed by atoms with E-state index in [1.807, 2.05) is 43.5 Å². The van der Waals surface area contributed by atoms with Crippen LogP contribution in [0.15, 0.2) is 42.6 Å². The third kappa shape index (κ3) is 1.71. The van der Waals surface area contributed by atoms with Gasteiger partial charge in [0.15, 0.2) is 6.29 Å². The zero-order valence-electron chi connectivity index (χ0n) is 8.68. The number of aromatic nitrogens is 1. The van der Waals surface area contributed by atoms with Gasteiger partial charge >= 0.3 is 0 Å². The van der Waals surface area contributed by atoms with E-state index in [9.17, 15) is 4.79 Å². The van der Waals surface area contributed by atoms with Crippen LogP contribution >= 0.6 is 0 Å². The molecule has 0 spiro atoms. The number of carbonyl (C=O) groups is 1. The quantitative estimate of drug-likeness (QED) is 0.550. The van der Waals surface area contributed by atoms with Crippen LogP contribution in [0.4, 0.5) is 0 Å². The molecule has 0 atom stereocenters. The van der Waals surface area contributed by atoms with Gasteiger partial charge in [-0.1, -0.05) is 24.3 Å². The molecule has 1 aromatic heterocycles. The van der Waals surface area contributed by atoms with Crippen molar-refractivity contribution >= 4 is 17.2 Å². The van der Waals surface area contributed by atoms with E-state index < -0.39 is 0 Å². The fraction of sp³-hybridized carbons (Fsp3) is 0.154. The predicted molar refractivity (Wildman–Crippen MR) is 62.1 cm³/mol. The summed E-state index contributed by atoms with van der Waals surface area (Å²) in [5.41, 5.74) is 1.87. The van der Waals surface area contributed by atoms with Crippen molar-refractivity contribution < 1.29 is 4.79 Å². The van der Waals surface area contributed by atoms with Gasteiger partial charge in [-0.15, -0.1) is 0 Å². The third-order valence-electron chi connectivity index (χ3n) is 2.51. The van der Waals surface area contributed by atoms with Crippen LogP contribution in [0.3, 0.4) is 0 Å². The first kappa shape index (κ1) is 9.71. The van der Waals surface area contributed by atoms with Crippen LogP contribution in [0.25, 0.3) is 10.9 Å². The number of rotatable bonds is 3. The van der Waals surface area contributed by atoms with Crippen molar-refractivity contribution in [2.24, 2.45) is 0 Å². The number of nitrogens with zero attached hydrogens (tertiary/aromatic N) is 1. The minimum absolute atomic E-state index is 0.756. The average Bonchev–Trinajstić information content (AvgIpc) is 2.69. The summed E-state index contributed by atoms with van der Waals surface area (Å²) in [4.78, 5) is 10.8. The summed E-state index contributed by atoms with van der Waals surface area (Å²) in [7, 11) is 0. The molecular formula is C13H13NO. The van der Waals surface area contributed by atoms with Gasteiger partial charge in [0.05, 0.1) is 0 Å². The van der Waals surface area contributed by atoms with Gasteiger partial charge in [-0.05, 0) is 19.1 Å². The second kappa shape index (κ2) is 4.13. The van der Waals surface area contributed by atoms with E-state index in [1.165, 1.54) is 0 Å². The molecule has 0 aliphatic rings. The first-order valence-electron chi connectivity index (χ1n) is 5.01. The summed E-state index contributed by atoms with van der Waals surface area (Å²) in [6.45, 7) is 2.85. The van der Waals surface area contributed by atoms with Gasteiger partial charge in [0, 0.05) is 29.2 Å². The Bertz CT molecular complexity index is 508. The molecule has 1 aromatic carbocycles. The van der Waals surface area contributed by atoms with Crippen molar-refractivity contribution in [1.82, 2.24) is 4.57 Å². The Labute approximate surface area is 88.8 Å². The Morgan fingerprint density at radius 2 is 2.20 bits per heavy atom. The molecule has 2 rings (SSSR count). The van der Waals surface area contributed by atoms with Crippen LogP contribution in [-0.2, 0) is 6.54 Å². The molecule has 2 heteroatoms. The van der Waals surface area contributed by atoms with Gasteiger partial charge in [-0.25, -0.2) is 0 Å². The highest BCUT2D eigenvalue weighted by Crippen LogP contribution is 2.18. The molecule has 0 unspecified atom stereocenters. The summed E-state index contributed by atoms with van der Waals surface area (Å²) >= 11 is 0. The standard InChI is InChI=1S/C13H13NO/c1-2-3-8-14-9-7-12-11(10-15)5-4-6-13(12)14/h2-7,9-10H,8H2,1H3. The number of benzene rings is 1. The molecule has 0 saturated carbocycles. The van der Waals surface area contributed by atoms with Crippen molar-refractivity contribution in [3.8, 4) is 0 Å². The Morgan fingerprint density at radius 3 is 2.93 bits per heavy atom. The van der Waals surface area contributed by atoms with Crippen LogP contribution in [0, 0.1) is 0 Å². The second-order valence-electron chi connectivity index (χ2n) is 3.44. The smallest absolute Gasteiger partial charge is 0.150 e. The molecule has 15 heavy (non-hydrogen) atoms. The van der Waals surface area contributed by atoms with Crippen molar-refractivity contribution in [2.45, 2.75) is 13.5 Å². The topological polar surface area (TPSA) is 22.0 Å². The van der Waals surface area contributed by atoms with E-state index in [0.29, 0.717) is 0 Å². The number of carbonyl (C=O) groups excluding carboxylic acids is 1. The molecule has 0 bridgehead atoms. The fourth-order valence-electron chi connectivity index (χ4n) is 1.73. The van der Waals surface area contributed by atoms with Crippen molar-refractivity contribution in [2.75, 3.05) is 0 Å². The highest BCUT2D eigenvalue weighted by Gasteiger charge is 2.02. The Morgan fingerprint density at radius 1 is 1.33 bits per heavy atom. The molecule has 0 fully saturated rings. The minimum atomic E-state index is 0.756. The Hall–Kier alpha value is -1.83. The maximum Gasteiger partial charge on any atom is 0.150 e. The highest BCUT2D eigenvalue weighted by atomic mass is 16.1. The lowest BCUT2D eigenvalue weighted by Gasteiger charge is -2.01. The monoisotopic (exact) mass is 199 g/mol. The Kier molecular flexibility index (Phi) is 2.68. The van der Waals surface area contributed by atoms with E-state index in [2.05, 4.69) is 10.6 Å². The van der Waals surface area contributed by atoms with Crippen LogP contribution in [0.2, 0.25) is 0 Å². The van der Waals surface area contributed by atoms with E-state index in [1.54, 1.807) is 0 Å². The van der Waals surface area contributed by atoms with Crippen molar-refractivity contribution in [1.29, 1.82) is 0 Å². The summed E-state index contributed by atoms with van der Waals surface area (Å²) in [5.74, 6) is 0. The van der Waals surface area contributed by atoms with Crippen LogP contribution in [0.1, 0.15) is 17.3 Å². The van der Waals surface area contributed by atoms with E-state index >= 15 is 0 Å². The molecule has 2 aromatic rings. The lowest BCUT2D eigenvalue weighted by atomic mass is 10.1. The molecule has 0 aliphatic heterocycles. The number of hydrogen-bond donors (Lipinski definition) is 0. The minimum Gasteiger partial charge on any atom is -0.344 e. The zero-order valence-corrected chi connectivity index (χ0v) is 8.68. The van der Waals surface area contributed by atoms with E-state index in [-0.39, 0.29) is 0 Å². The van der Waals surface area contributed by atoms with Gasteiger partial charge in [0.1, 0.15) is 0 Å². The summed E-state index contributed by atoms with van der Waals surface area (Å²) in [6.07, 6.45) is 7.03. The highest BCUT2D eigenvalue weighted by molar-refractivity contribution is 5.97. The van der Waals surface area contributed by atoms with E-state index in [4.69, 9.17) is 0 Å². The number of aldehydes is 1. The summed E-state index contributed by atoms with van der Waals surface area (Å²) < 4.78 is 2.13.